The number of aromatic nitrogens is 2. The van der Waals surface area contributed by atoms with E-state index in [9.17, 15) is 4.79 Å². The number of carbonyl (C=O) groups excluding carboxylic acids is 1. The first kappa shape index (κ1) is 24.8. The maximum atomic E-state index is 12.8. The van der Waals surface area contributed by atoms with Gasteiger partial charge in [-0.05, 0) is 44.1 Å². The van der Waals surface area contributed by atoms with Crippen LogP contribution in [0.25, 0.3) is 5.70 Å². The number of ether oxygens (including phenoxy) is 1. The molecular formula is C25H33N5O2S. The van der Waals surface area contributed by atoms with Crippen molar-refractivity contribution in [2.75, 3.05) is 25.1 Å². The van der Waals surface area contributed by atoms with Crippen LogP contribution < -0.4 is 10.6 Å². The van der Waals surface area contributed by atoms with Gasteiger partial charge in [0.2, 0.25) is 0 Å². The Morgan fingerprint density at radius 3 is 2.88 bits per heavy atom. The zero-order valence-corrected chi connectivity index (χ0v) is 20.6. The fraction of sp³-hybridized carbons (Fsp3) is 0.400. The van der Waals surface area contributed by atoms with E-state index >= 15 is 0 Å². The minimum absolute atomic E-state index is 0.187. The van der Waals surface area contributed by atoms with Crippen molar-refractivity contribution in [1.82, 2.24) is 15.1 Å². The minimum atomic E-state index is -0.187. The van der Waals surface area contributed by atoms with E-state index in [0.29, 0.717) is 42.4 Å². The summed E-state index contributed by atoms with van der Waals surface area (Å²) in [6.45, 7) is 14.1. The molecule has 2 N–H and O–H groups in total. The van der Waals surface area contributed by atoms with Crippen molar-refractivity contribution in [2.45, 2.75) is 39.5 Å². The number of rotatable bonds is 0. The molecule has 2 aliphatic heterocycles. The molecule has 3 heterocycles. The smallest absolute Gasteiger partial charge is 0.251 e. The van der Waals surface area contributed by atoms with Gasteiger partial charge in [-0.1, -0.05) is 36.6 Å². The molecule has 176 valence electrons. The van der Waals surface area contributed by atoms with E-state index < -0.39 is 0 Å². The Bertz CT molecular complexity index is 1050. The number of hydrogen-bond donors (Lipinski definition) is 2. The molecule has 1 amide bonds. The zero-order chi connectivity index (χ0) is 23.8. The monoisotopic (exact) mass is 467 g/mol. The Labute approximate surface area is 200 Å². The SMILES string of the molecule is C=C1S/C=C(\C)C(=O)Nc2cn(C)nc2C(=C)NCCOCCCC2=N/C=C\C/C1=C(\C)C2. The summed E-state index contributed by atoms with van der Waals surface area (Å²) in [7, 11) is 1.81. The third-order valence-corrected chi connectivity index (χ3v) is 6.45. The highest BCUT2D eigenvalue weighted by Gasteiger charge is 2.16. The largest absolute Gasteiger partial charge is 0.381 e. The molecule has 1 aromatic rings. The molecule has 1 aromatic heterocycles. The molecule has 0 radical (unpaired) electrons. The lowest BCUT2D eigenvalue weighted by atomic mass is 9.98. The van der Waals surface area contributed by atoms with Crippen molar-refractivity contribution in [1.29, 1.82) is 0 Å². The quantitative estimate of drug-likeness (QED) is 0.565. The van der Waals surface area contributed by atoms with Crippen LogP contribution in [0.15, 0.2) is 63.7 Å². The van der Waals surface area contributed by atoms with Crippen LogP contribution in [0.3, 0.4) is 0 Å². The van der Waals surface area contributed by atoms with E-state index in [0.717, 1.165) is 36.3 Å². The van der Waals surface area contributed by atoms with Gasteiger partial charge in [0, 0.05) is 55.2 Å². The number of fused-ring (bicyclic) bond motifs is 3. The number of nitrogens with zero attached hydrogens (tertiary/aromatic N) is 3. The summed E-state index contributed by atoms with van der Waals surface area (Å²) in [5.74, 6) is -0.187. The highest BCUT2D eigenvalue weighted by Crippen LogP contribution is 2.32. The molecule has 7 nitrogen and oxygen atoms in total. The Morgan fingerprint density at radius 2 is 2.06 bits per heavy atom. The Hall–Kier alpha value is -2.84. The summed E-state index contributed by atoms with van der Waals surface area (Å²) in [4.78, 5) is 18.4. The van der Waals surface area contributed by atoms with E-state index in [2.05, 4.69) is 46.9 Å². The molecular weight excluding hydrogens is 434 g/mol. The van der Waals surface area contributed by atoms with E-state index in [1.165, 1.54) is 22.9 Å². The number of aliphatic imine (C=N–C) groups is 1. The molecule has 0 atom stereocenters. The van der Waals surface area contributed by atoms with Gasteiger partial charge in [0.15, 0.2) is 0 Å². The number of hydrogen-bond acceptors (Lipinski definition) is 6. The van der Waals surface area contributed by atoms with Gasteiger partial charge in [-0.25, -0.2) is 0 Å². The number of nitrogens with one attached hydrogen (secondary N) is 2. The summed E-state index contributed by atoms with van der Waals surface area (Å²) in [5, 5.41) is 12.5. The molecule has 3 rings (SSSR count). The van der Waals surface area contributed by atoms with Gasteiger partial charge in [-0.2, -0.15) is 5.10 Å². The van der Waals surface area contributed by atoms with E-state index in [1.807, 2.05) is 18.7 Å². The third-order valence-electron chi connectivity index (χ3n) is 5.44. The predicted octanol–water partition coefficient (Wildman–Crippen LogP) is 4.95. The molecule has 2 bridgehead atoms. The number of thioether (sulfide) groups is 1. The minimum Gasteiger partial charge on any atom is -0.381 e. The lowest BCUT2D eigenvalue weighted by Gasteiger charge is -2.16. The number of carbonyl (C=O) groups is 1. The van der Waals surface area contributed by atoms with Crippen molar-refractivity contribution < 1.29 is 9.53 Å². The number of amides is 1. The molecule has 0 saturated heterocycles. The molecule has 0 aliphatic carbocycles. The van der Waals surface area contributed by atoms with Crippen molar-refractivity contribution >= 4 is 34.8 Å². The van der Waals surface area contributed by atoms with Gasteiger partial charge in [-0.15, -0.1) is 0 Å². The van der Waals surface area contributed by atoms with Crippen LogP contribution in [0.1, 0.15) is 45.2 Å². The third kappa shape index (κ3) is 7.07. The molecule has 0 spiro atoms. The number of anilines is 1. The topological polar surface area (TPSA) is 80.5 Å². The fourth-order valence-corrected chi connectivity index (χ4v) is 4.44. The van der Waals surface area contributed by atoms with Crippen LogP contribution in [-0.2, 0) is 16.6 Å². The Balaban J connectivity index is 1.84. The summed E-state index contributed by atoms with van der Waals surface area (Å²) in [5.41, 5.74) is 6.08. The average molecular weight is 468 g/mol. The maximum Gasteiger partial charge on any atom is 0.251 e. The van der Waals surface area contributed by atoms with Crippen molar-refractivity contribution in [3.05, 3.63) is 64.4 Å². The van der Waals surface area contributed by atoms with Crippen molar-refractivity contribution in [3.8, 4) is 0 Å². The first-order chi connectivity index (χ1) is 15.8. The predicted molar refractivity (Wildman–Crippen MR) is 138 cm³/mol. The van der Waals surface area contributed by atoms with Crippen LogP contribution in [0, 0.1) is 0 Å². The lowest BCUT2D eigenvalue weighted by Crippen LogP contribution is -2.20. The number of allylic oxidation sites excluding steroid dienone is 3. The average Bonchev–Trinajstić information content (AvgIpc) is 3.13. The number of aryl methyl sites for hydroxylation is 1. The van der Waals surface area contributed by atoms with Crippen LogP contribution in [0.5, 0.6) is 0 Å². The van der Waals surface area contributed by atoms with Gasteiger partial charge in [-0.3, -0.25) is 14.5 Å². The summed E-state index contributed by atoms with van der Waals surface area (Å²) < 4.78 is 7.44. The molecule has 0 aromatic carbocycles. The van der Waals surface area contributed by atoms with Crippen molar-refractivity contribution in [2.24, 2.45) is 12.0 Å². The standard InChI is InChI=1S/C25H33N5O2S/c1-17-14-21-8-7-12-32-13-11-26-19(3)24-23(15-30(5)29-24)28-25(31)18(2)16-33-20(4)22(17)9-6-10-27-21/h6,10,15-16,26H,3-4,7-9,11-14H2,1-2,5H3,(H,28,31)/b10-6-,18-16+,22-17-,27-21?. The van der Waals surface area contributed by atoms with Crippen LogP contribution in [0.4, 0.5) is 5.69 Å². The van der Waals surface area contributed by atoms with Crippen LogP contribution >= 0.6 is 11.8 Å². The van der Waals surface area contributed by atoms with Gasteiger partial charge < -0.3 is 15.4 Å². The first-order valence-corrected chi connectivity index (χ1v) is 12.0. The van der Waals surface area contributed by atoms with Crippen LogP contribution in [0.2, 0.25) is 0 Å². The van der Waals surface area contributed by atoms with Gasteiger partial charge >= 0.3 is 0 Å². The second kappa shape index (κ2) is 11.9. The normalized spacial score (nSPS) is 24.4. The van der Waals surface area contributed by atoms with Crippen molar-refractivity contribution in [3.63, 3.8) is 0 Å². The summed E-state index contributed by atoms with van der Waals surface area (Å²) in [6.07, 6.45) is 9.16. The molecule has 2 aliphatic rings. The Morgan fingerprint density at radius 1 is 1.24 bits per heavy atom. The first-order valence-electron chi connectivity index (χ1n) is 11.1. The fourth-order valence-electron chi connectivity index (χ4n) is 3.61. The second-order valence-electron chi connectivity index (χ2n) is 8.20. The van der Waals surface area contributed by atoms with E-state index in [1.54, 1.807) is 17.8 Å². The van der Waals surface area contributed by atoms with Crippen LogP contribution in [-0.4, -0.2) is 41.2 Å². The van der Waals surface area contributed by atoms with E-state index in [-0.39, 0.29) is 5.91 Å². The highest BCUT2D eigenvalue weighted by molar-refractivity contribution is 8.06. The van der Waals surface area contributed by atoms with Gasteiger partial charge in [0.1, 0.15) is 5.69 Å². The molecule has 0 unspecified atom stereocenters. The summed E-state index contributed by atoms with van der Waals surface area (Å²) >= 11 is 1.48. The zero-order valence-electron chi connectivity index (χ0n) is 19.7. The van der Waals surface area contributed by atoms with E-state index in [4.69, 9.17) is 4.74 Å². The molecule has 0 fully saturated rings. The van der Waals surface area contributed by atoms with Gasteiger partial charge in [0.25, 0.3) is 5.91 Å². The van der Waals surface area contributed by atoms with Gasteiger partial charge in [0.05, 0.1) is 18.0 Å². The second-order valence-corrected chi connectivity index (χ2v) is 9.17. The molecule has 0 saturated carbocycles. The molecule has 8 heteroatoms. The Kier molecular flexibility index (Phi) is 8.91. The maximum absolute atomic E-state index is 12.8. The highest BCUT2D eigenvalue weighted by atomic mass is 32.2. The summed E-state index contributed by atoms with van der Waals surface area (Å²) in [6, 6.07) is 0. The molecule has 33 heavy (non-hydrogen) atoms. The lowest BCUT2D eigenvalue weighted by molar-refractivity contribution is -0.112.